The van der Waals surface area contributed by atoms with Crippen LogP contribution in [-0.4, -0.2) is 12.1 Å². The third-order valence-corrected chi connectivity index (χ3v) is 8.47. The lowest BCUT2D eigenvalue weighted by molar-refractivity contribution is -0.152. The Bertz CT molecular complexity index is 1310. The molecule has 0 N–H and O–H groups in total. The minimum atomic E-state index is -0.716. The highest BCUT2D eigenvalue weighted by atomic mass is 16.5. The maximum absolute atomic E-state index is 12.1. The zero-order valence-corrected chi connectivity index (χ0v) is 19.6. The number of rotatable bonds is 6. The first kappa shape index (κ1) is 20.9. The van der Waals surface area contributed by atoms with E-state index in [0.29, 0.717) is 12.9 Å². The summed E-state index contributed by atoms with van der Waals surface area (Å²) in [6.07, 6.45) is 1.43. The van der Waals surface area contributed by atoms with E-state index in [1.807, 2.05) is 0 Å². The molecule has 0 radical (unpaired) electrons. The molecule has 0 amide bonds. The van der Waals surface area contributed by atoms with Gasteiger partial charge in [0.1, 0.15) is 5.60 Å². The molecule has 0 saturated carbocycles. The van der Waals surface area contributed by atoms with Gasteiger partial charge in [-0.25, -0.2) is 0 Å². The van der Waals surface area contributed by atoms with Gasteiger partial charge in [0.05, 0.1) is 5.41 Å². The largest absolute Gasteiger partial charge is 0.460 e. The lowest BCUT2D eigenvalue weighted by Crippen LogP contribution is -2.52. The molecule has 168 valence electrons. The van der Waals surface area contributed by atoms with Gasteiger partial charge < -0.3 is 4.74 Å². The predicted octanol–water partition coefficient (Wildman–Crippen LogP) is 7.50. The fraction of sp³-hybridized carbons (Fsp3) is 0.219. The number of carbonyl (C=O) groups is 1. The number of hydrogen-bond acceptors (Lipinski definition) is 2. The minimum Gasteiger partial charge on any atom is -0.460 e. The molecule has 2 aliphatic rings. The van der Waals surface area contributed by atoms with Crippen LogP contribution >= 0.6 is 0 Å². The van der Waals surface area contributed by atoms with Gasteiger partial charge in [-0.05, 0) is 64.3 Å². The van der Waals surface area contributed by atoms with Crippen molar-refractivity contribution in [1.82, 2.24) is 0 Å². The molecule has 0 aromatic heterocycles. The molecule has 2 nitrogen and oxygen atoms in total. The van der Waals surface area contributed by atoms with Crippen LogP contribution in [-0.2, 0) is 14.9 Å². The summed E-state index contributed by atoms with van der Waals surface area (Å²) in [6.45, 7) is 5.10. The van der Waals surface area contributed by atoms with E-state index in [1.54, 1.807) is 0 Å². The highest BCUT2D eigenvalue weighted by molar-refractivity contribution is 5.82. The van der Waals surface area contributed by atoms with Gasteiger partial charge in [-0.15, -0.1) is 0 Å². The molecule has 1 atom stereocenters. The Kier molecular flexibility index (Phi) is 4.74. The first-order valence-electron chi connectivity index (χ1n) is 12.1. The maximum Gasteiger partial charge on any atom is 0.293 e. The van der Waals surface area contributed by atoms with Gasteiger partial charge in [-0.1, -0.05) is 104 Å². The summed E-state index contributed by atoms with van der Waals surface area (Å²) in [5.74, 6) is 0.157. The fourth-order valence-corrected chi connectivity index (χ4v) is 6.80. The lowest BCUT2D eigenvalue weighted by Gasteiger charge is -2.47. The van der Waals surface area contributed by atoms with Crippen LogP contribution in [0.2, 0.25) is 0 Å². The van der Waals surface area contributed by atoms with Crippen molar-refractivity contribution in [3.05, 3.63) is 119 Å². The third-order valence-electron chi connectivity index (χ3n) is 8.47. The normalized spacial score (nSPS) is 16.6. The number of ether oxygens (including phenoxy) is 1. The molecule has 6 rings (SSSR count). The molecule has 0 spiro atoms. The molecule has 0 heterocycles. The second-order valence-electron chi connectivity index (χ2n) is 9.71. The molecular weight excluding hydrogens is 416 g/mol. The van der Waals surface area contributed by atoms with Gasteiger partial charge >= 0.3 is 0 Å². The van der Waals surface area contributed by atoms with E-state index >= 15 is 0 Å². The number of fused-ring (bicyclic) bond motifs is 6. The topological polar surface area (TPSA) is 26.3 Å². The Morgan fingerprint density at radius 1 is 0.735 bits per heavy atom. The molecule has 0 bridgehead atoms. The SMILES string of the molecule is CCC(CC1c2ccccc2-c2ccccc21)(OC=O)C1(C)c2ccccc2-c2ccccc21. The van der Waals surface area contributed by atoms with Crippen LogP contribution in [0.5, 0.6) is 0 Å². The van der Waals surface area contributed by atoms with E-state index < -0.39 is 11.0 Å². The van der Waals surface area contributed by atoms with Crippen LogP contribution in [0.15, 0.2) is 97.1 Å². The van der Waals surface area contributed by atoms with Gasteiger partial charge in [-0.3, -0.25) is 4.79 Å². The summed E-state index contributed by atoms with van der Waals surface area (Å²) in [5, 5.41) is 0. The Balaban J connectivity index is 1.58. The maximum atomic E-state index is 12.1. The van der Waals surface area contributed by atoms with E-state index in [-0.39, 0.29) is 5.92 Å². The first-order valence-corrected chi connectivity index (χ1v) is 12.1. The van der Waals surface area contributed by atoms with Crippen molar-refractivity contribution in [3.8, 4) is 22.3 Å². The molecule has 0 saturated heterocycles. The Morgan fingerprint density at radius 3 is 1.65 bits per heavy atom. The zero-order valence-electron chi connectivity index (χ0n) is 19.6. The van der Waals surface area contributed by atoms with Crippen LogP contribution in [0.25, 0.3) is 22.3 Å². The van der Waals surface area contributed by atoms with Gasteiger partial charge in [0.25, 0.3) is 6.47 Å². The number of benzene rings is 4. The highest BCUT2D eigenvalue weighted by Gasteiger charge is 2.57. The second kappa shape index (κ2) is 7.70. The summed E-state index contributed by atoms with van der Waals surface area (Å²) < 4.78 is 6.29. The van der Waals surface area contributed by atoms with E-state index in [0.717, 1.165) is 6.42 Å². The Morgan fingerprint density at radius 2 is 1.18 bits per heavy atom. The van der Waals surface area contributed by atoms with E-state index in [9.17, 15) is 4.79 Å². The van der Waals surface area contributed by atoms with Crippen LogP contribution in [0, 0.1) is 0 Å². The predicted molar refractivity (Wildman–Crippen MR) is 137 cm³/mol. The number of carbonyl (C=O) groups excluding carboxylic acids is 1. The van der Waals surface area contributed by atoms with E-state index in [4.69, 9.17) is 4.74 Å². The molecule has 0 aliphatic heterocycles. The summed E-state index contributed by atoms with van der Waals surface area (Å²) in [7, 11) is 0. The van der Waals surface area contributed by atoms with Crippen molar-refractivity contribution in [1.29, 1.82) is 0 Å². The molecule has 2 heteroatoms. The summed E-state index contributed by atoms with van der Waals surface area (Å²) >= 11 is 0. The summed E-state index contributed by atoms with van der Waals surface area (Å²) in [6, 6.07) is 34.6. The lowest BCUT2D eigenvalue weighted by atomic mass is 9.62. The van der Waals surface area contributed by atoms with Crippen molar-refractivity contribution in [2.45, 2.75) is 43.6 Å². The van der Waals surface area contributed by atoms with Crippen LogP contribution in [0.1, 0.15) is 54.9 Å². The van der Waals surface area contributed by atoms with Gasteiger partial charge in [0.15, 0.2) is 0 Å². The standard InChI is InChI=1S/C32H28O2/c1-3-32(34-21-33,20-28-24-14-6-4-12-22(24)23-13-5-7-15-25(23)28)31(2)29-18-10-8-16-26(29)27-17-9-11-19-30(27)31/h4-19,21,28H,3,20H2,1-2H3. The minimum absolute atomic E-state index is 0.157. The van der Waals surface area contributed by atoms with Crippen LogP contribution in [0.3, 0.4) is 0 Å². The van der Waals surface area contributed by atoms with Crippen molar-refractivity contribution in [3.63, 3.8) is 0 Å². The van der Waals surface area contributed by atoms with Crippen molar-refractivity contribution >= 4 is 6.47 Å². The average Bonchev–Trinajstić information content (AvgIpc) is 3.35. The average molecular weight is 445 g/mol. The zero-order chi connectivity index (χ0) is 23.3. The van der Waals surface area contributed by atoms with Crippen molar-refractivity contribution < 1.29 is 9.53 Å². The summed E-state index contributed by atoms with van der Waals surface area (Å²) in [4.78, 5) is 12.1. The van der Waals surface area contributed by atoms with Crippen molar-refractivity contribution in [2.24, 2.45) is 0 Å². The molecule has 34 heavy (non-hydrogen) atoms. The van der Waals surface area contributed by atoms with E-state index in [2.05, 4.69) is 111 Å². The monoisotopic (exact) mass is 444 g/mol. The van der Waals surface area contributed by atoms with Gasteiger partial charge in [0.2, 0.25) is 0 Å². The highest BCUT2D eigenvalue weighted by Crippen LogP contribution is 2.59. The summed E-state index contributed by atoms with van der Waals surface area (Å²) in [5.41, 5.74) is 8.97. The molecular formula is C32H28O2. The second-order valence-corrected chi connectivity index (χ2v) is 9.71. The third kappa shape index (κ3) is 2.66. The number of hydrogen-bond donors (Lipinski definition) is 0. The molecule has 1 unspecified atom stereocenters. The van der Waals surface area contributed by atoms with Crippen LogP contribution in [0.4, 0.5) is 0 Å². The Hall–Kier alpha value is -3.65. The molecule has 0 fully saturated rings. The molecule has 2 aliphatic carbocycles. The van der Waals surface area contributed by atoms with Gasteiger partial charge in [-0.2, -0.15) is 0 Å². The first-order chi connectivity index (χ1) is 16.6. The van der Waals surface area contributed by atoms with Crippen molar-refractivity contribution in [2.75, 3.05) is 0 Å². The molecule has 4 aromatic carbocycles. The van der Waals surface area contributed by atoms with Crippen LogP contribution < -0.4 is 0 Å². The quantitative estimate of drug-likeness (QED) is 0.288. The smallest absolute Gasteiger partial charge is 0.293 e. The fourth-order valence-electron chi connectivity index (χ4n) is 6.80. The van der Waals surface area contributed by atoms with Gasteiger partial charge in [0, 0.05) is 5.92 Å². The van der Waals surface area contributed by atoms with E-state index in [1.165, 1.54) is 44.5 Å². The molecule has 4 aromatic rings. The Labute approximate surface area is 201 Å².